The molecule has 0 aliphatic carbocycles. The Morgan fingerprint density at radius 2 is 1.93 bits per heavy atom. The van der Waals surface area contributed by atoms with Gasteiger partial charge in [0.15, 0.2) is 5.82 Å². The molecule has 1 amide bonds. The summed E-state index contributed by atoms with van der Waals surface area (Å²) in [6.07, 6.45) is 1.77. The second-order valence-electron chi connectivity index (χ2n) is 5.83. The van der Waals surface area contributed by atoms with Gasteiger partial charge in [-0.25, -0.2) is 0 Å². The van der Waals surface area contributed by atoms with Crippen molar-refractivity contribution in [1.29, 1.82) is 0 Å². The SMILES string of the molecule is O=C(Nc1ccn(Cc2ccc(Cl)cc2Cl)n1)c1sc2ccccc2c1Cl. The third-order valence-corrected chi connectivity index (χ3v) is 6.23. The first-order valence-corrected chi connectivity index (χ1v) is 9.92. The van der Waals surface area contributed by atoms with Crippen molar-refractivity contribution in [3.8, 4) is 0 Å². The van der Waals surface area contributed by atoms with Crippen LogP contribution in [0, 0.1) is 0 Å². The van der Waals surface area contributed by atoms with Gasteiger partial charge in [-0.05, 0) is 23.8 Å². The van der Waals surface area contributed by atoms with E-state index >= 15 is 0 Å². The maximum Gasteiger partial charge on any atom is 0.268 e. The number of anilines is 1. The number of amides is 1. The molecule has 0 atom stereocenters. The van der Waals surface area contributed by atoms with E-state index in [4.69, 9.17) is 34.8 Å². The van der Waals surface area contributed by atoms with E-state index in [0.717, 1.165) is 15.6 Å². The maximum atomic E-state index is 12.6. The minimum absolute atomic E-state index is 0.282. The van der Waals surface area contributed by atoms with Gasteiger partial charge in [-0.15, -0.1) is 11.3 Å². The van der Waals surface area contributed by atoms with Crippen LogP contribution >= 0.6 is 46.1 Å². The molecule has 4 rings (SSSR count). The lowest BCUT2D eigenvalue weighted by Crippen LogP contribution is -2.12. The summed E-state index contributed by atoms with van der Waals surface area (Å²) in [5.74, 6) is 0.162. The Bertz CT molecular complexity index is 1150. The molecule has 0 spiro atoms. The molecule has 0 bridgehead atoms. The highest BCUT2D eigenvalue weighted by molar-refractivity contribution is 7.21. The summed E-state index contributed by atoms with van der Waals surface area (Å²) in [5.41, 5.74) is 0.884. The van der Waals surface area contributed by atoms with Crippen LogP contribution in [-0.2, 0) is 6.54 Å². The van der Waals surface area contributed by atoms with Crippen LogP contribution in [0.4, 0.5) is 5.82 Å². The molecule has 0 radical (unpaired) electrons. The van der Waals surface area contributed by atoms with Gasteiger partial charge in [-0.2, -0.15) is 5.10 Å². The van der Waals surface area contributed by atoms with Crippen LogP contribution in [0.25, 0.3) is 10.1 Å². The van der Waals surface area contributed by atoms with Gasteiger partial charge in [0, 0.05) is 32.4 Å². The Morgan fingerprint density at radius 1 is 1.11 bits per heavy atom. The zero-order valence-electron chi connectivity index (χ0n) is 13.7. The summed E-state index contributed by atoms with van der Waals surface area (Å²) < 4.78 is 2.66. The first-order valence-electron chi connectivity index (χ1n) is 7.97. The minimum atomic E-state index is -0.282. The van der Waals surface area contributed by atoms with Crippen LogP contribution < -0.4 is 5.32 Å². The topological polar surface area (TPSA) is 46.9 Å². The molecule has 2 heterocycles. The minimum Gasteiger partial charge on any atom is -0.304 e. The standard InChI is InChI=1S/C19H12Cl3N3OS/c20-12-6-5-11(14(21)9-12)10-25-8-7-16(24-25)23-19(26)18-17(22)13-3-1-2-4-15(13)27-18/h1-9H,10H2,(H,23,24,26). The van der Waals surface area contributed by atoms with Crippen LogP contribution in [0.3, 0.4) is 0 Å². The van der Waals surface area contributed by atoms with Crippen LogP contribution in [0.1, 0.15) is 15.2 Å². The maximum absolute atomic E-state index is 12.6. The van der Waals surface area contributed by atoms with Gasteiger partial charge in [0.1, 0.15) is 4.88 Å². The number of carbonyl (C=O) groups excluding carboxylic acids is 1. The van der Waals surface area contributed by atoms with Crippen LogP contribution in [0.5, 0.6) is 0 Å². The predicted octanol–water partition coefficient (Wildman–Crippen LogP) is 6.36. The van der Waals surface area contributed by atoms with E-state index in [0.29, 0.717) is 32.3 Å². The van der Waals surface area contributed by atoms with Crippen molar-refractivity contribution in [2.45, 2.75) is 6.54 Å². The fourth-order valence-corrected chi connectivity index (χ4v) is 4.55. The molecule has 4 aromatic rings. The average molecular weight is 437 g/mol. The number of carbonyl (C=O) groups is 1. The Kier molecular flexibility index (Phi) is 5.10. The van der Waals surface area contributed by atoms with Crippen molar-refractivity contribution in [2.24, 2.45) is 0 Å². The molecular formula is C19H12Cl3N3OS. The van der Waals surface area contributed by atoms with E-state index in [9.17, 15) is 4.79 Å². The van der Waals surface area contributed by atoms with Gasteiger partial charge in [0.05, 0.1) is 11.6 Å². The van der Waals surface area contributed by atoms with Crippen molar-refractivity contribution < 1.29 is 4.79 Å². The van der Waals surface area contributed by atoms with E-state index in [-0.39, 0.29) is 5.91 Å². The van der Waals surface area contributed by atoms with Crippen molar-refractivity contribution in [1.82, 2.24) is 9.78 Å². The van der Waals surface area contributed by atoms with Crippen LogP contribution in [0.15, 0.2) is 54.7 Å². The molecule has 0 unspecified atom stereocenters. The summed E-state index contributed by atoms with van der Waals surface area (Å²) in [7, 11) is 0. The van der Waals surface area contributed by atoms with E-state index in [1.165, 1.54) is 11.3 Å². The molecule has 136 valence electrons. The molecule has 2 aromatic carbocycles. The largest absolute Gasteiger partial charge is 0.304 e. The third-order valence-electron chi connectivity index (χ3n) is 3.97. The summed E-state index contributed by atoms with van der Waals surface area (Å²) in [5, 5.41) is 9.65. The molecule has 0 saturated carbocycles. The number of rotatable bonds is 4. The molecule has 8 heteroatoms. The lowest BCUT2D eigenvalue weighted by molar-refractivity contribution is 0.103. The number of hydrogen-bond acceptors (Lipinski definition) is 3. The fraction of sp³-hybridized carbons (Fsp3) is 0.0526. The molecule has 0 aliphatic rings. The number of nitrogens with one attached hydrogen (secondary N) is 1. The van der Waals surface area contributed by atoms with E-state index in [1.807, 2.05) is 30.3 Å². The van der Waals surface area contributed by atoms with Gasteiger partial charge in [-0.3, -0.25) is 9.48 Å². The van der Waals surface area contributed by atoms with Gasteiger partial charge in [-0.1, -0.05) is 59.1 Å². The van der Waals surface area contributed by atoms with Crippen molar-refractivity contribution in [3.63, 3.8) is 0 Å². The molecule has 0 aliphatic heterocycles. The number of benzene rings is 2. The first kappa shape index (κ1) is 18.3. The van der Waals surface area contributed by atoms with Gasteiger partial charge < -0.3 is 5.32 Å². The Morgan fingerprint density at radius 3 is 2.70 bits per heavy atom. The van der Waals surface area contributed by atoms with Gasteiger partial charge in [0.2, 0.25) is 0 Å². The smallest absolute Gasteiger partial charge is 0.268 e. The summed E-state index contributed by atoms with van der Waals surface area (Å²) in [6.45, 7) is 0.468. The Hall–Kier alpha value is -2.05. The lowest BCUT2D eigenvalue weighted by Gasteiger charge is -2.05. The number of nitrogens with zero attached hydrogens (tertiary/aromatic N) is 2. The second-order valence-corrected chi connectivity index (χ2v) is 8.10. The summed E-state index contributed by atoms with van der Waals surface area (Å²) >= 11 is 19.8. The molecule has 0 fully saturated rings. The quantitative estimate of drug-likeness (QED) is 0.404. The zero-order chi connectivity index (χ0) is 19.0. The summed E-state index contributed by atoms with van der Waals surface area (Å²) in [4.78, 5) is 13.1. The van der Waals surface area contributed by atoms with Crippen molar-refractivity contribution in [3.05, 3.63) is 80.2 Å². The van der Waals surface area contributed by atoms with Crippen molar-refractivity contribution >= 4 is 68.0 Å². The van der Waals surface area contributed by atoms with E-state index in [1.54, 1.807) is 29.1 Å². The average Bonchev–Trinajstić information content (AvgIpc) is 3.22. The normalized spacial score (nSPS) is 11.1. The molecule has 0 saturated heterocycles. The fourth-order valence-electron chi connectivity index (χ4n) is 2.67. The Labute approximate surface area is 174 Å². The molecule has 1 N–H and O–H groups in total. The first-order chi connectivity index (χ1) is 13.0. The number of halogens is 3. The molecule has 2 aromatic heterocycles. The van der Waals surface area contributed by atoms with Crippen molar-refractivity contribution in [2.75, 3.05) is 5.32 Å². The van der Waals surface area contributed by atoms with Gasteiger partial charge in [0.25, 0.3) is 5.91 Å². The Balaban J connectivity index is 1.51. The second kappa shape index (κ2) is 7.52. The lowest BCUT2D eigenvalue weighted by atomic mass is 10.2. The third kappa shape index (κ3) is 3.82. The van der Waals surface area contributed by atoms with Gasteiger partial charge >= 0.3 is 0 Å². The van der Waals surface area contributed by atoms with E-state index in [2.05, 4.69) is 10.4 Å². The summed E-state index contributed by atoms with van der Waals surface area (Å²) in [6, 6.07) is 14.7. The number of hydrogen-bond donors (Lipinski definition) is 1. The molecule has 27 heavy (non-hydrogen) atoms. The monoisotopic (exact) mass is 435 g/mol. The zero-order valence-corrected chi connectivity index (χ0v) is 16.8. The number of fused-ring (bicyclic) bond motifs is 1. The van der Waals surface area contributed by atoms with Crippen LogP contribution in [-0.4, -0.2) is 15.7 Å². The van der Waals surface area contributed by atoms with Crippen LogP contribution in [0.2, 0.25) is 15.1 Å². The van der Waals surface area contributed by atoms with E-state index < -0.39 is 0 Å². The number of aromatic nitrogens is 2. The molecular weight excluding hydrogens is 425 g/mol. The number of thiophene rings is 1. The highest BCUT2D eigenvalue weighted by Crippen LogP contribution is 2.35. The highest BCUT2D eigenvalue weighted by Gasteiger charge is 2.17. The predicted molar refractivity (Wildman–Crippen MR) is 113 cm³/mol. The molecule has 4 nitrogen and oxygen atoms in total. The highest BCUT2D eigenvalue weighted by atomic mass is 35.5.